The molecule has 0 saturated carbocycles. The highest BCUT2D eigenvalue weighted by Gasteiger charge is 2.42. The van der Waals surface area contributed by atoms with Gasteiger partial charge in [-0.05, 0) is 25.9 Å². The Morgan fingerprint density at radius 3 is 2.19 bits per heavy atom. The number of hydrazine groups is 1. The van der Waals surface area contributed by atoms with E-state index < -0.39 is 0 Å². The van der Waals surface area contributed by atoms with E-state index >= 15 is 0 Å². The smallest absolute Gasteiger partial charge is 0.237 e. The highest BCUT2D eigenvalue weighted by Crippen LogP contribution is 2.38. The zero-order chi connectivity index (χ0) is 15.9. The van der Waals surface area contributed by atoms with Crippen LogP contribution < -0.4 is 16.0 Å². The molecule has 1 aromatic heterocycles. The van der Waals surface area contributed by atoms with E-state index in [0.717, 1.165) is 31.6 Å². The van der Waals surface area contributed by atoms with Gasteiger partial charge in [-0.15, -0.1) is 0 Å². The molecule has 0 amide bonds. The van der Waals surface area contributed by atoms with Gasteiger partial charge in [-0.2, -0.15) is 0 Å². The molecule has 3 N–H and O–H groups in total. The molecule has 120 valence electrons. The maximum Gasteiger partial charge on any atom is 0.237 e. The Kier molecular flexibility index (Phi) is 7.01. The van der Waals surface area contributed by atoms with Gasteiger partial charge in [0.2, 0.25) is 5.88 Å². The van der Waals surface area contributed by atoms with Crippen molar-refractivity contribution >= 4 is 0 Å². The summed E-state index contributed by atoms with van der Waals surface area (Å²) in [4.78, 5) is 11.2. The fourth-order valence-corrected chi connectivity index (χ4v) is 3.32. The third kappa shape index (κ3) is 3.33. The second-order valence-electron chi connectivity index (χ2n) is 5.03. The van der Waals surface area contributed by atoms with Gasteiger partial charge < -0.3 is 4.74 Å². The monoisotopic (exact) mass is 295 g/mol. The number of methoxy groups -OCH3 is 1. The van der Waals surface area contributed by atoms with Gasteiger partial charge in [0.05, 0.1) is 13.2 Å². The van der Waals surface area contributed by atoms with Crippen molar-refractivity contribution in [3.8, 4) is 5.88 Å². The molecule has 6 heteroatoms. The normalized spacial score (nSPS) is 13.5. The lowest BCUT2D eigenvalue weighted by Gasteiger charge is -2.47. The molecule has 1 atom stereocenters. The highest BCUT2D eigenvalue weighted by molar-refractivity contribution is 5.25. The Hall–Kier alpha value is -1.24. The Labute approximate surface area is 128 Å². The van der Waals surface area contributed by atoms with Crippen LogP contribution in [-0.2, 0) is 0 Å². The van der Waals surface area contributed by atoms with Crippen LogP contribution in [0.4, 0.5) is 0 Å². The van der Waals surface area contributed by atoms with Gasteiger partial charge in [0.15, 0.2) is 0 Å². The molecular formula is C15H29N5O. The molecule has 0 bridgehead atoms. The molecule has 0 saturated heterocycles. The van der Waals surface area contributed by atoms with Crippen molar-refractivity contribution in [2.75, 3.05) is 20.2 Å². The Morgan fingerprint density at radius 2 is 1.76 bits per heavy atom. The third-order valence-electron chi connectivity index (χ3n) is 4.48. The van der Waals surface area contributed by atoms with Crippen molar-refractivity contribution in [3.63, 3.8) is 0 Å². The van der Waals surface area contributed by atoms with Crippen LogP contribution >= 0.6 is 0 Å². The van der Waals surface area contributed by atoms with E-state index in [1.54, 1.807) is 19.5 Å². The van der Waals surface area contributed by atoms with E-state index in [1.165, 1.54) is 0 Å². The van der Waals surface area contributed by atoms with Gasteiger partial charge in [-0.3, -0.25) is 15.7 Å². The van der Waals surface area contributed by atoms with Crippen LogP contribution in [0.2, 0.25) is 0 Å². The molecule has 21 heavy (non-hydrogen) atoms. The summed E-state index contributed by atoms with van der Waals surface area (Å²) in [5.41, 5.74) is 3.60. The molecule has 0 aliphatic heterocycles. The maximum absolute atomic E-state index is 5.91. The predicted molar refractivity (Wildman–Crippen MR) is 84.9 cm³/mol. The molecule has 6 nitrogen and oxygen atoms in total. The Morgan fingerprint density at radius 1 is 1.19 bits per heavy atom. The molecule has 1 unspecified atom stereocenters. The van der Waals surface area contributed by atoms with Crippen LogP contribution in [0, 0.1) is 0 Å². The zero-order valence-electron chi connectivity index (χ0n) is 13.9. The van der Waals surface area contributed by atoms with Crippen LogP contribution in [0.25, 0.3) is 0 Å². The second kappa shape index (κ2) is 8.26. The molecule has 1 aromatic rings. The molecule has 1 rings (SSSR count). The first-order valence-electron chi connectivity index (χ1n) is 7.71. The minimum Gasteiger partial charge on any atom is -0.480 e. The van der Waals surface area contributed by atoms with E-state index in [4.69, 9.17) is 10.6 Å². The first-order chi connectivity index (χ1) is 10.1. The van der Waals surface area contributed by atoms with Crippen LogP contribution in [-0.4, -0.2) is 40.6 Å². The summed E-state index contributed by atoms with van der Waals surface area (Å²) in [5.74, 6) is 6.44. The van der Waals surface area contributed by atoms with Crippen molar-refractivity contribution < 1.29 is 4.74 Å². The SMILES string of the molecule is CCN(CC)C(CC)(CC)C(NN)c1nccnc1OC. The summed E-state index contributed by atoms with van der Waals surface area (Å²) in [6.45, 7) is 10.6. The summed E-state index contributed by atoms with van der Waals surface area (Å²) in [7, 11) is 1.61. The quantitative estimate of drug-likeness (QED) is 0.535. The molecule has 1 heterocycles. The number of rotatable bonds is 9. The Balaban J connectivity index is 3.37. The average molecular weight is 295 g/mol. The largest absolute Gasteiger partial charge is 0.480 e. The number of aromatic nitrogens is 2. The fraction of sp³-hybridized carbons (Fsp3) is 0.733. The molecule has 0 aromatic carbocycles. The van der Waals surface area contributed by atoms with E-state index in [0.29, 0.717) is 5.88 Å². The second-order valence-corrected chi connectivity index (χ2v) is 5.03. The lowest BCUT2D eigenvalue weighted by molar-refractivity contribution is 0.0460. The summed E-state index contributed by atoms with van der Waals surface area (Å²) in [5, 5.41) is 0. The number of nitrogens with two attached hydrogens (primary N) is 1. The van der Waals surface area contributed by atoms with Crippen LogP contribution in [0.3, 0.4) is 0 Å². The van der Waals surface area contributed by atoms with Gasteiger partial charge in [-0.1, -0.05) is 27.7 Å². The number of ether oxygens (including phenoxy) is 1. The lowest BCUT2D eigenvalue weighted by Crippen LogP contribution is -2.57. The predicted octanol–water partition coefficient (Wildman–Crippen LogP) is 1.89. The molecule has 0 aliphatic carbocycles. The minimum absolute atomic E-state index is 0.123. The van der Waals surface area contributed by atoms with Gasteiger partial charge in [-0.25, -0.2) is 10.4 Å². The standard InChI is InChI=1S/C15H29N5O/c1-6-15(7-2,20(8-3)9-4)13(19-16)12-14(21-5)18-11-10-17-12/h10-11,13,19H,6-9,16H2,1-5H3. The first kappa shape index (κ1) is 17.8. The van der Waals surface area contributed by atoms with Crippen LogP contribution in [0.5, 0.6) is 5.88 Å². The number of hydrogen-bond donors (Lipinski definition) is 2. The molecule has 0 aliphatic rings. The number of nitrogens with one attached hydrogen (secondary N) is 1. The number of likely N-dealkylation sites (N-methyl/N-ethyl adjacent to an activating group) is 1. The van der Waals surface area contributed by atoms with Gasteiger partial charge in [0.25, 0.3) is 0 Å². The van der Waals surface area contributed by atoms with E-state index in [-0.39, 0.29) is 11.6 Å². The summed E-state index contributed by atoms with van der Waals surface area (Å²) in [6.07, 6.45) is 5.23. The molecule has 0 spiro atoms. The minimum atomic E-state index is -0.143. The van der Waals surface area contributed by atoms with E-state index in [9.17, 15) is 0 Å². The summed E-state index contributed by atoms with van der Waals surface area (Å²) >= 11 is 0. The van der Waals surface area contributed by atoms with Crippen LogP contribution in [0.15, 0.2) is 12.4 Å². The van der Waals surface area contributed by atoms with Gasteiger partial charge in [0.1, 0.15) is 5.69 Å². The van der Waals surface area contributed by atoms with Crippen molar-refractivity contribution in [1.29, 1.82) is 0 Å². The highest BCUT2D eigenvalue weighted by atomic mass is 16.5. The Bertz CT molecular complexity index is 418. The number of hydrogen-bond acceptors (Lipinski definition) is 6. The van der Waals surface area contributed by atoms with Crippen LogP contribution in [0.1, 0.15) is 52.3 Å². The van der Waals surface area contributed by atoms with Crippen molar-refractivity contribution in [2.24, 2.45) is 5.84 Å². The summed E-state index contributed by atoms with van der Waals surface area (Å²) < 4.78 is 5.37. The zero-order valence-corrected chi connectivity index (χ0v) is 13.9. The average Bonchev–Trinajstić information content (AvgIpc) is 2.55. The van der Waals surface area contributed by atoms with Gasteiger partial charge in [0, 0.05) is 17.9 Å². The lowest BCUT2D eigenvalue weighted by atomic mass is 9.81. The van der Waals surface area contributed by atoms with Gasteiger partial charge >= 0.3 is 0 Å². The maximum atomic E-state index is 5.91. The molecule has 0 fully saturated rings. The topological polar surface area (TPSA) is 76.3 Å². The fourth-order valence-electron chi connectivity index (χ4n) is 3.32. The first-order valence-corrected chi connectivity index (χ1v) is 7.71. The summed E-state index contributed by atoms with van der Waals surface area (Å²) in [6, 6.07) is -0.143. The number of nitrogens with zero attached hydrogens (tertiary/aromatic N) is 3. The third-order valence-corrected chi connectivity index (χ3v) is 4.48. The van der Waals surface area contributed by atoms with Crippen molar-refractivity contribution in [2.45, 2.75) is 52.1 Å². The van der Waals surface area contributed by atoms with Crippen molar-refractivity contribution in [3.05, 3.63) is 18.1 Å². The van der Waals surface area contributed by atoms with E-state index in [2.05, 4.69) is 48.0 Å². The van der Waals surface area contributed by atoms with Crippen molar-refractivity contribution in [1.82, 2.24) is 20.3 Å². The molecular weight excluding hydrogens is 266 g/mol. The molecule has 0 radical (unpaired) electrons. The van der Waals surface area contributed by atoms with E-state index in [1.807, 2.05) is 0 Å².